The summed E-state index contributed by atoms with van der Waals surface area (Å²) in [4.78, 5) is 12.4. The molecule has 5 heteroatoms. The van der Waals surface area contributed by atoms with E-state index < -0.39 is 16.9 Å². The molecule has 1 heterocycles. The van der Waals surface area contributed by atoms with Crippen LogP contribution in [-0.2, 0) is 11.3 Å². The second-order valence-electron chi connectivity index (χ2n) is 5.10. The van der Waals surface area contributed by atoms with Crippen LogP contribution in [0, 0.1) is 5.41 Å². The second-order valence-corrected chi connectivity index (χ2v) is 6.96. The highest BCUT2D eigenvalue weighted by Crippen LogP contribution is 2.32. The number of hydrogen-bond donors (Lipinski definition) is 2. The Kier molecular flexibility index (Phi) is 4.38. The monoisotopic (exact) mass is 319 g/mol. The van der Waals surface area contributed by atoms with E-state index in [1.165, 1.54) is 4.88 Å². The molecule has 0 aliphatic carbocycles. The molecule has 0 spiro atoms. The maximum absolute atomic E-state index is 11.2. The summed E-state index contributed by atoms with van der Waals surface area (Å²) in [7, 11) is 0. The van der Waals surface area contributed by atoms with Gasteiger partial charge in [-0.25, -0.2) is 0 Å². The number of carbonyl (C=O) groups is 1. The largest absolute Gasteiger partial charge is 0.481 e. The standard InChI is InChI=1S/C12H18BrNO2S/c1-11(2,10(15)16)12(3,4)14-7-9-8(13)5-6-17-9/h5-6,14H,7H2,1-4H3,(H,15,16). The Morgan fingerprint density at radius 1 is 1.47 bits per heavy atom. The number of hydrogen-bond acceptors (Lipinski definition) is 3. The van der Waals surface area contributed by atoms with Gasteiger partial charge in [-0.2, -0.15) is 0 Å². The predicted molar refractivity (Wildman–Crippen MR) is 74.4 cm³/mol. The van der Waals surface area contributed by atoms with Gasteiger partial charge in [-0.3, -0.25) is 4.79 Å². The predicted octanol–water partition coefficient (Wildman–Crippen LogP) is 3.49. The molecular formula is C12H18BrNO2S. The van der Waals surface area contributed by atoms with Crippen LogP contribution >= 0.6 is 27.3 Å². The van der Waals surface area contributed by atoms with E-state index in [0.717, 1.165) is 4.47 Å². The van der Waals surface area contributed by atoms with Gasteiger partial charge in [-0.05, 0) is 55.1 Å². The van der Waals surface area contributed by atoms with Crippen molar-refractivity contribution in [2.75, 3.05) is 0 Å². The molecule has 0 amide bonds. The molecule has 0 bridgehead atoms. The summed E-state index contributed by atoms with van der Waals surface area (Å²) in [5.41, 5.74) is -1.31. The van der Waals surface area contributed by atoms with Crippen LogP contribution in [0.1, 0.15) is 32.6 Å². The average Bonchev–Trinajstić information content (AvgIpc) is 2.60. The molecule has 0 unspecified atom stereocenters. The lowest BCUT2D eigenvalue weighted by atomic mass is 9.74. The molecule has 0 aliphatic heterocycles. The summed E-state index contributed by atoms with van der Waals surface area (Å²) in [5, 5.41) is 14.6. The summed E-state index contributed by atoms with van der Waals surface area (Å²) < 4.78 is 1.07. The molecule has 0 saturated heterocycles. The van der Waals surface area contributed by atoms with Gasteiger partial charge in [0.1, 0.15) is 0 Å². The molecular weight excluding hydrogens is 302 g/mol. The van der Waals surface area contributed by atoms with Gasteiger partial charge in [0.2, 0.25) is 0 Å². The summed E-state index contributed by atoms with van der Waals surface area (Å²) in [6.45, 7) is 7.99. The lowest BCUT2D eigenvalue weighted by molar-refractivity contribution is -0.151. The maximum atomic E-state index is 11.2. The smallest absolute Gasteiger partial charge is 0.310 e. The highest BCUT2D eigenvalue weighted by molar-refractivity contribution is 9.10. The number of nitrogens with one attached hydrogen (secondary N) is 1. The highest BCUT2D eigenvalue weighted by Gasteiger charge is 2.43. The van der Waals surface area contributed by atoms with Crippen molar-refractivity contribution in [3.05, 3.63) is 20.8 Å². The van der Waals surface area contributed by atoms with Gasteiger partial charge >= 0.3 is 5.97 Å². The minimum atomic E-state index is -0.823. The lowest BCUT2D eigenvalue weighted by Crippen LogP contribution is -2.54. The van der Waals surface area contributed by atoms with Gasteiger partial charge < -0.3 is 10.4 Å². The maximum Gasteiger partial charge on any atom is 0.310 e. The second kappa shape index (κ2) is 5.08. The van der Waals surface area contributed by atoms with Crippen LogP contribution in [0.3, 0.4) is 0 Å². The number of aliphatic carboxylic acids is 1. The van der Waals surface area contributed by atoms with E-state index in [4.69, 9.17) is 0 Å². The Morgan fingerprint density at radius 2 is 2.06 bits per heavy atom. The fourth-order valence-electron chi connectivity index (χ4n) is 1.24. The first kappa shape index (κ1) is 14.7. The van der Waals surface area contributed by atoms with Crippen molar-refractivity contribution in [2.45, 2.75) is 39.8 Å². The molecule has 0 atom stereocenters. The molecule has 1 rings (SSSR count). The van der Waals surface area contributed by atoms with E-state index in [-0.39, 0.29) is 0 Å². The molecule has 0 fully saturated rings. The quantitative estimate of drug-likeness (QED) is 0.873. The zero-order valence-electron chi connectivity index (χ0n) is 10.5. The third-order valence-electron chi connectivity index (χ3n) is 3.48. The van der Waals surface area contributed by atoms with Crippen LogP contribution in [-0.4, -0.2) is 16.6 Å². The van der Waals surface area contributed by atoms with Crippen LogP contribution in [0.2, 0.25) is 0 Å². The van der Waals surface area contributed by atoms with Crippen molar-refractivity contribution in [2.24, 2.45) is 5.41 Å². The number of rotatable bonds is 5. The molecule has 0 saturated carbocycles. The summed E-state index contributed by atoms with van der Waals surface area (Å²) in [6.07, 6.45) is 0. The summed E-state index contributed by atoms with van der Waals surface area (Å²) >= 11 is 5.12. The fraction of sp³-hybridized carbons (Fsp3) is 0.583. The number of thiophene rings is 1. The van der Waals surface area contributed by atoms with Crippen molar-refractivity contribution in [3.8, 4) is 0 Å². The Morgan fingerprint density at radius 3 is 2.47 bits per heavy atom. The molecule has 3 nitrogen and oxygen atoms in total. The van der Waals surface area contributed by atoms with Crippen molar-refractivity contribution in [3.63, 3.8) is 0 Å². The molecule has 17 heavy (non-hydrogen) atoms. The van der Waals surface area contributed by atoms with Gasteiger partial charge in [-0.1, -0.05) is 0 Å². The number of carboxylic acids is 1. The summed E-state index contributed by atoms with van der Waals surface area (Å²) in [5.74, 6) is -0.791. The van der Waals surface area contributed by atoms with Crippen LogP contribution in [0.15, 0.2) is 15.9 Å². The zero-order valence-corrected chi connectivity index (χ0v) is 12.9. The topological polar surface area (TPSA) is 49.3 Å². The SMILES string of the molecule is CC(C)(NCc1sccc1Br)C(C)(C)C(=O)O. The van der Waals surface area contributed by atoms with E-state index in [2.05, 4.69) is 21.2 Å². The lowest BCUT2D eigenvalue weighted by Gasteiger charge is -2.39. The van der Waals surface area contributed by atoms with Gasteiger partial charge in [0.25, 0.3) is 0 Å². The Bertz CT molecular complexity index is 412. The third-order valence-corrected chi connectivity index (χ3v) is 5.41. The first-order valence-corrected chi connectivity index (χ1v) is 7.06. The van der Waals surface area contributed by atoms with Gasteiger partial charge in [0.05, 0.1) is 5.41 Å². The Balaban J connectivity index is 2.74. The Hall–Kier alpha value is -0.390. The van der Waals surface area contributed by atoms with Crippen LogP contribution < -0.4 is 5.32 Å². The molecule has 1 aromatic rings. The highest BCUT2D eigenvalue weighted by atomic mass is 79.9. The van der Waals surface area contributed by atoms with E-state index in [1.54, 1.807) is 25.2 Å². The van der Waals surface area contributed by atoms with E-state index in [1.807, 2.05) is 25.3 Å². The third kappa shape index (κ3) is 3.09. The fourth-order valence-corrected chi connectivity index (χ4v) is 2.67. The van der Waals surface area contributed by atoms with Crippen molar-refractivity contribution >= 4 is 33.2 Å². The Labute approximate surface area is 114 Å². The minimum absolute atomic E-state index is 0.484. The van der Waals surface area contributed by atoms with E-state index in [9.17, 15) is 9.90 Å². The van der Waals surface area contributed by atoms with Gasteiger partial charge in [0.15, 0.2) is 0 Å². The molecule has 0 aromatic carbocycles. The summed E-state index contributed by atoms with van der Waals surface area (Å²) in [6, 6.07) is 2.00. The molecule has 0 radical (unpaired) electrons. The van der Waals surface area contributed by atoms with Crippen molar-refractivity contribution in [1.82, 2.24) is 5.32 Å². The van der Waals surface area contributed by atoms with Crippen molar-refractivity contribution in [1.29, 1.82) is 0 Å². The first-order chi connectivity index (χ1) is 7.68. The van der Waals surface area contributed by atoms with Crippen LogP contribution in [0.4, 0.5) is 0 Å². The molecule has 0 aliphatic rings. The molecule has 96 valence electrons. The van der Waals surface area contributed by atoms with Crippen molar-refractivity contribution < 1.29 is 9.90 Å². The van der Waals surface area contributed by atoms with Gasteiger partial charge in [-0.15, -0.1) is 11.3 Å². The zero-order chi connectivity index (χ0) is 13.3. The first-order valence-electron chi connectivity index (χ1n) is 5.39. The van der Waals surface area contributed by atoms with Crippen LogP contribution in [0.25, 0.3) is 0 Å². The van der Waals surface area contributed by atoms with E-state index >= 15 is 0 Å². The normalized spacial score (nSPS) is 12.8. The average molecular weight is 320 g/mol. The molecule has 1 aromatic heterocycles. The number of halogens is 1. The molecule has 2 N–H and O–H groups in total. The minimum Gasteiger partial charge on any atom is -0.481 e. The van der Waals surface area contributed by atoms with Gasteiger partial charge in [0, 0.05) is 21.4 Å². The van der Waals surface area contributed by atoms with E-state index in [0.29, 0.717) is 6.54 Å². The van der Waals surface area contributed by atoms with Crippen LogP contribution in [0.5, 0.6) is 0 Å². The number of carboxylic acid groups (broad SMARTS) is 1.